The van der Waals surface area contributed by atoms with Gasteiger partial charge in [-0.25, -0.2) is 4.98 Å². The van der Waals surface area contributed by atoms with E-state index in [9.17, 15) is 5.11 Å². The molecule has 2 rings (SSSR count). The number of hydrogen-bond donors (Lipinski definition) is 1. The summed E-state index contributed by atoms with van der Waals surface area (Å²) in [7, 11) is 0. The molecule has 1 aromatic heterocycles. The van der Waals surface area contributed by atoms with E-state index in [1.165, 1.54) is 0 Å². The van der Waals surface area contributed by atoms with Crippen molar-refractivity contribution in [1.29, 1.82) is 0 Å². The largest absolute Gasteiger partial charge is 0.487 e. The maximum atomic E-state index is 9.28. The first-order valence-electron chi connectivity index (χ1n) is 6.73. The van der Waals surface area contributed by atoms with Gasteiger partial charge in [0, 0.05) is 19.3 Å². The molecule has 0 aromatic carbocycles. The highest BCUT2D eigenvalue weighted by atomic mass is 16.5. The van der Waals surface area contributed by atoms with Gasteiger partial charge in [-0.3, -0.25) is 0 Å². The summed E-state index contributed by atoms with van der Waals surface area (Å²) >= 11 is 0. The fraction of sp³-hybridized carbons (Fsp3) is 0.643. The Kier molecular flexibility index (Phi) is 4.61. The lowest BCUT2D eigenvalue weighted by molar-refractivity contribution is -0.0424. The van der Waals surface area contributed by atoms with Crippen LogP contribution in [-0.4, -0.2) is 48.1 Å². The zero-order chi connectivity index (χ0) is 13.8. The number of ether oxygens (including phenoxy) is 2. The summed E-state index contributed by atoms with van der Waals surface area (Å²) < 4.78 is 11.4. The number of anilines is 1. The molecule has 106 valence electrons. The first-order valence-corrected chi connectivity index (χ1v) is 6.73. The molecule has 1 fully saturated rings. The summed E-state index contributed by atoms with van der Waals surface area (Å²) in [6, 6.07) is 3.80. The van der Waals surface area contributed by atoms with Crippen LogP contribution in [0.15, 0.2) is 18.3 Å². The van der Waals surface area contributed by atoms with Crippen molar-refractivity contribution in [3.05, 3.63) is 18.3 Å². The van der Waals surface area contributed by atoms with Gasteiger partial charge >= 0.3 is 0 Å². The Bertz CT molecular complexity index is 411. The lowest BCUT2D eigenvalue weighted by atomic mass is 10.2. The quantitative estimate of drug-likeness (QED) is 0.894. The third-order valence-corrected chi connectivity index (χ3v) is 2.94. The van der Waals surface area contributed by atoms with Gasteiger partial charge < -0.3 is 19.5 Å². The van der Waals surface area contributed by atoms with Crippen molar-refractivity contribution < 1.29 is 14.6 Å². The van der Waals surface area contributed by atoms with E-state index in [1.54, 1.807) is 6.20 Å². The van der Waals surface area contributed by atoms with E-state index < -0.39 is 0 Å². The lowest BCUT2D eigenvalue weighted by Crippen LogP contribution is -2.48. The zero-order valence-corrected chi connectivity index (χ0v) is 11.7. The van der Waals surface area contributed by atoms with E-state index in [-0.39, 0.29) is 24.9 Å². The Morgan fingerprint density at radius 3 is 3.00 bits per heavy atom. The standard InChI is InChI=1S/C14H22N2O3/c1-10(2)18-13-5-4-6-15-14(13)16-7-11(3)19-12(8-16)9-17/h4-6,10-12,17H,7-9H2,1-3H3. The summed E-state index contributed by atoms with van der Waals surface area (Å²) in [6.07, 6.45) is 1.77. The first-order chi connectivity index (χ1) is 9.10. The molecule has 1 aromatic rings. The van der Waals surface area contributed by atoms with Crippen LogP contribution in [0.3, 0.4) is 0 Å². The molecule has 1 aliphatic heterocycles. The van der Waals surface area contributed by atoms with E-state index in [0.29, 0.717) is 6.54 Å². The minimum atomic E-state index is -0.169. The van der Waals surface area contributed by atoms with Crippen LogP contribution in [0.5, 0.6) is 5.75 Å². The number of aliphatic hydroxyl groups excluding tert-OH is 1. The number of rotatable bonds is 4. The van der Waals surface area contributed by atoms with E-state index >= 15 is 0 Å². The molecule has 0 spiro atoms. The highest BCUT2D eigenvalue weighted by Gasteiger charge is 2.27. The average molecular weight is 266 g/mol. The minimum absolute atomic E-state index is 0.0219. The van der Waals surface area contributed by atoms with Gasteiger partial charge in [0.2, 0.25) is 0 Å². The molecule has 0 aliphatic carbocycles. The number of aliphatic hydroxyl groups is 1. The Hall–Kier alpha value is -1.33. The van der Waals surface area contributed by atoms with Crippen molar-refractivity contribution in [2.24, 2.45) is 0 Å². The van der Waals surface area contributed by atoms with Crippen LogP contribution in [0.25, 0.3) is 0 Å². The predicted molar refractivity (Wildman–Crippen MR) is 73.6 cm³/mol. The van der Waals surface area contributed by atoms with Crippen LogP contribution in [0.1, 0.15) is 20.8 Å². The SMILES string of the molecule is CC(C)Oc1cccnc1N1CC(C)OC(CO)C1. The third kappa shape index (κ3) is 3.58. The summed E-state index contributed by atoms with van der Waals surface area (Å²) in [5.41, 5.74) is 0. The second kappa shape index (κ2) is 6.21. The van der Waals surface area contributed by atoms with Gasteiger partial charge in [-0.2, -0.15) is 0 Å². The van der Waals surface area contributed by atoms with Gasteiger partial charge in [-0.05, 0) is 32.9 Å². The fourth-order valence-electron chi connectivity index (χ4n) is 2.28. The molecule has 1 saturated heterocycles. The van der Waals surface area contributed by atoms with Gasteiger partial charge in [0.05, 0.1) is 24.9 Å². The molecule has 19 heavy (non-hydrogen) atoms. The number of aromatic nitrogens is 1. The summed E-state index contributed by atoms with van der Waals surface area (Å²) in [5.74, 6) is 1.60. The lowest BCUT2D eigenvalue weighted by Gasteiger charge is -2.37. The maximum absolute atomic E-state index is 9.28. The molecule has 5 heteroatoms. The molecule has 2 heterocycles. The van der Waals surface area contributed by atoms with Crippen LogP contribution in [0.2, 0.25) is 0 Å². The van der Waals surface area contributed by atoms with Gasteiger partial charge in [-0.1, -0.05) is 0 Å². The van der Waals surface area contributed by atoms with Crippen LogP contribution >= 0.6 is 0 Å². The summed E-state index contributed by atoms with van der Waals surface area (Å²) in [4.78, 5) is 6.54. The predicted octanol–water partition coefficient (Wildman–Crippen LogP) is 1.45. The number of morpholine rings is 1. The second-order valence-corrected chi connectivity index (χ2v) is 5.15. The molecule has 2 unspecified atom stereocenters. The Labute approximate surface area is 114 Å². The van der Waals surface area contributed by atoms with Crippen molar-refractivity contribution in [2.75, 3.05) is 24.6 Å². The van der Waals surface area contributed by atoms with Crippen molar-refractivity contribution in [1.82, 2.24) is 4.98 Å². The molecule has 1 N–H and O–H groups in total. The monoisotopic (exact) mass is 266 g/mol. The van der Waals surface area contributed by atoms with E-state index in [2.05, 4.69) is 9.88 Å². The molecule has 1 aliphatic rings. The Morgan fingerprint density at radius 2 is 2.32 bits per heavy atom. The summed E-state index contributed by atoms with van der Waals surface area (Å²) in [5, 5.41) is 9.28. The maximum Gasteiger partial charge on any atom is 0.171 e. The van der Waals surface area contributed by atoms with Crippen LogP contribution in [-0.2, 0) is 4.74 Å². The van der Waals surface area contributed by atoms with E-state index in [4.69, 9.17) is 9.47 Å². The van der Waals surface area contributed by atoms with Crippen molar-refractivity contribution >= 4 is 5.82 Å². The van der Waals surface area contributed by atoms with Crippen molar-refractivity contribution in [3.63, 3.8) is 0 Å². The van der Waals surface area contributed by atoms with Crippen LogP contribution in [0.4, 0.5) is 5.82 Å². The Balaban J connectivity index is 2.20. The zero-order valence-electron chi connectivity index (χ0n) is 11.7. The minimum Gasteiger partial charge on any atom is -0.487 e. The van der Waals surface area contributed by atoms with Crippen molar-refractivity contribution in [2.45, 2.75) is 39.1 Å². The highest BCUT2D eigenvalue weighted by molar-refractivity contribution is 5.52. The molecule has 0 bridgehead atoms. The van der Waals surface area contributed by atoms with Gasteiger partial charge in [-0.15, -0.1) is 0 Å². The highest BCUT2D eigenvalue weighted by Crippen LogP contribution is 2.28. The average Bonchev–Trinajstić information content (AvgIpc) is 2.38. The van der Waals surface area contributed by atoms with Gasteiger partial charge in [0.15, 0.2) is 11.6 Å². The molecule has 5 nitrogen and oxygen atoms in total. The topological polar surface area (TPSA) is 54.8 Å². The molecule has 0 amide bonds. The molecular weight excluding hydrogens is 244 g/mol. The third-order valence-electron chi connectivity index (χ3n) is 2.94. The molecule has 0 saturated carbocycles. The van der Waals surface area contributed by atoms with E-state index in [1.807, 2.05) is 32.9 Å². The van der Waals surface area contributed by atoms with Crippen LogP contribution < -0.4 is 9.64 Å². The fourth-order valence-corrected chi connectivity index (χ4v) is 2.28. The van der Waals surface area contributed by atoms with Crippen LogP contribution in [0, 0.1) is 0 Å². The smallest absolute Gasteiger partial charge is 0.171 e. The second-order valence-electron chi connectivity index (χ2n) is 5.15. The first kappa shape index (κ1) is 14.1. The van der Waals surface area contributed by atoms with Gasteiger partial charge in [0.25, 0.3) is 0 Å². The number of nitrogens with zero attached hydrogens (tertiary/aromatic N) is 2. The molecule has 2 atom stereocenters. The normalized spacial score (nSPS) is 23.7. The Morgan fingerprint density at radius 1 is 1.53 bits per heavy atom. The van der Waals surface area contributed by atoms with Crippen molar-refractivity contribution in [3.8, 4) is 5.75 Å². The molecular formula is C14H22N2O3. The van der Waals surface area contributed by atoms with Gasteiger partial charge in [0.1, 0.15) is 0 Å². The number of hydrogen-bond acceptors (Lipinski definition) is 5. The van der Waals surface area contributed by atoms with E-state index in [0.717, 1.165) is 18.1 Å². The number of pyridine rings is 1. The summed E-state index contributed by atoms with van der Waals surface area (Å²) in [6.45, 7) is 7.40. The molecule has 0 radical (unpaired) electrons.